The van der Waals surface area contributed by atoms with Crippen molar-refractivity contribution >= 4 is 43.2 Å². The van der Waals surface area contributed by atoms with Gasteiger partial charge in [-0.2, -0.15) is 0 Å². The zero-order valence-corrected chi connectivity index (χ0v) is 34.0. The first-order chi connectivity index (χ1) is 19.3. The van der Waals surface area contributed by atoms with Crippen LogP contribution >= 0.6 is 31.9 Å². The van der Waals surface area contributed by atoms with Crippen molar-refractivity contribution in [3.05, 3.63) is 57.5 Å². The Labute approximate surface area is 300 Å². The average Bonchev–Trinajstić information content (AvgIpc) is 2.92. The molecule has 0 saturated heterocycles. The summed E-state index contributed by atoms with van der Waals surface area (Å²) in [4.78, 5) is 4.49. The Morgan fingerprint density at radius 2 is 1.00 bits per heavy atom. The van der Waals surface area contributed by atoms with Crippen LogP contribution in [0.3, 0.4) is 0 Å². The first-order valence-electron chi connectivity index (χ1n) is 15.6. The predicted octanol–water partition coefficient (Wildman–Crippen LogP) is 7.09. The molecule has 0 radical (unpaired) electrons. The number of nitrogens with zero attached hydrogens (tertiary/aromatic N) is 2. The molecule has 42 heavy (non-hydrogen) atoms. The van der Waals surface area contributed by atoms with E-state index in [-0.39, 0.29) is 29.6 Å². The van der Waals surface area contributed by atoms with Gasteiger partial charge in [0.25, 0.3) is 0 Å². The average molecular weight is 724 g/mol. The molecule has 1 N–H and O–H groups in total. The maximum atomic E-state index is 10.1. The topological polar surface area (TPSA) is 41.6 Å². The molecule has 0 amide bonds. The number of anilines is 2. The number of benzene rings is 2. The summed E-state index contributed by atoms with van der Waals surface area (Å²) in [6.07, 6.45) is 15.1. The van der Waals surface area contributed by atoms with Gasteiger partial charge in [0.05, 0.1) is 0 Å². The summed E-state index contributed by atoms with van der Waals surface area (Å²) in [5, 5.41) is 13.3. The standard InChI is InChI=1S/C16H28N2.C9H21N.C6H4Br2.C4H9O.Na/c1-5-6-7-8-9-14-18(4)16-12-10-15(11-13-16)17(2)3;1-3-4-5-6-7-8-9-10-2;7-5-1-2-6(8)4-3-5;1-4(2,3)5;/h10-13H,5-9,14H2,1-4H3;10H,3-9H2,1-2H3;1-4H;1-3H3;/q;;;-1;+1. The van der Waals surface area contributed by atoms with Gasteiger partial charge >= 0.3 is 29.6 Å². The summed E-state index contributed by atoms with van der Waals surface area (Å²) in [6.45, 7) is 11.8. The Balaban J connectivity index is -0.000000536. The van der Waals surface area contributed by atoms with E-state index in [0.29, 0.717) is 0 Å². The fourth-order valence-electron chi connectivity index (χ4n) is 3.60. The van der Waals surface area contributed by atoms with E-state index in [1.54, 1.807) is 20.8 Å². The SMILES string of the molecule is Brc1ccc(Br)cc1.CC(C)(C)[O-].CCCCCCCCNC.CCCCCCCN(C)c1ccc(N(C)C)cc1.[Na+]. The van der Waals surface area contributed by atoms with Crippen LogP contribution in [0.4, 0.5) is 11.4 Å². The van der Waals surface area contributed by atoms with Gasteiger partial charge in [0.1, 0.15) is 0 Å². The van der Waals surface area contributed by atoms with Gasteiger partial charge < -0.3 is 20.2 Å². The molecular weight excluding hydrogens is 661 g/mol. The van der Waals surface area contributed by atoms with Crippen LogP contribution in [0.25, 0.3) is 0 Å². The van der Waals surface area contributed by atoms with Gasteiger partial charge in [0, 0.05) is 48.0 Å². The van der Waals surface area contributed by atoms with Gasteiger partial charge in [0.2, 0.25) is 0 Å². The minimum Gasteiger partial charge on any atom is -0.850 e. The molecule has 0 heterocycles. The third-order valence-corrected chi connectivity index (χ3v) is 7.05. The molecule has 238 valence electrons. The van der Waals surface area contributed by atoms with Crippen molar-refractivity contribution in [3.63, 3.8) is 0 Å². The first kappa shape index (κ1) is 46.3. The van der Waals surface area contributed by atoms with Crippen LogP contribution in [0.15, 0.2) is 57.5 Å². The summed E-state index contributed by atoms with van der Waals surface area (Å²) < 4.78 is 2.22. The second kappa shape index (κ2) is 30.9. The minimum absolute atomic E-state index is 0. The number of nitrogens with one attached hydrogen (secondary N) is 1. The number of halogens is 2. The van der Waals surface area contributed by atoms with Crippen LogP contribution in [-0.4, -0.2) is 46.9 Å². The summed E-state index contributed by atoms with van der Waals surface area (Å²) in [6, 6.07) is 16.7. The molecule has 2 rings (SSSR count). The quantitative estimate of drug-likeness (QED) is 0.158. The second-order valence-electron chi connectivity index (χ2n) is 11.7. The van der Waals surface area contributed by atoms with Gasteiger partial charge in [-0.3, -0.25) is 0 Å². The van der Waals surface area contributed by atoms with E-state index in [0.717, 1.165) is 15.5 Å². The Kier molecular flexibility index (Phi) is 34.1. The molecule has 0 aliphatic carbocycles. The van der Waals surface area contributed by atoms with Crippen LogP contribution in [0, 0.1) is 0 Å². The van der Waals surface area contributed by atoms with Gasteiger partial charge in [-0.15, -0.1) is 5.60 Å². The first-order valence-corrected chi connectivity index (χ1v) is 17.2. The summed E-state index contributed by atoms with van der Waals surface area (Å²) in [5.41, 5.74) is 1.83. The molecule has 0 spiro atoms. The third-order valence-electron chi connectivity index (χ3n) is 5.99. The predicted molar refractivity (Wildman–Crippen MR) is 192 cm³/mol. The van der Waals surface area contributed by atoms with Crippen LogP contribution in [0.1, 0.15) is 105 Å². The zero-order valence-electron chi connectivity index (χ0n) is 28.9. The fourth-order valence-corrected chi connectivity index (χ4v) is 4.13. The van der Waals surface area contributed by atoms with Crippen molar-refractivity contribution in [2.45, 2.75) is 111 Å². The number of unbranched alkanes of at least 4 members (excludes halogenated alkanes) is 9. The van der Waals surface area contributed by atoms with Crippen molar-refractivity contribution in [1.82, 2.24) is 5.32 Å². The molecular formula is C35H62Br2N3NaO. The molecule has 0 saturated carbocycles. The van der Waals surface area contributed by atoms with Crippen LogP contribution in [0.5, 0.6) is 0 Å². The second-order valence-corrected chi connectivity index (χ2v) is 13.5. The minimum atomic E-state index is -0.750. The normalized spacial score (nSPS) is 10.1. The maximum Gasteiger partial charge on any atom is 1.00 e. The van der Waals surface area contributed by atoms with E-state index in [1.807, 2.05) is 31.3 Å². The molecule has 0 fully saturated rings. The van der Waals surface area contributed by atoms with Crippen molar-refractivity contribution in [2.75, 3.05) is 51.1 Å². The van der Waals surface area contributed by atoms with Gasteiger partial charge in [0.15, 0.2) is 0 Å². The van der Waals surface area contributed by atoms with E-state index < -0.39 is 5.60 Å². The fraction of sp³-hybridized carbons (Fsp3) is 0.657. The van der Waals surface area contributed by atoms with Crippen LogP contribution in [0.2, 0.25) is 0 Å². The van der Waals surface area contributed by atoms with Gasteiger partial charge in [-0.25, -0.2) is 0 Å². The van der Waals surface area contributed by atoms with Gasteiger partial charge in [-0.05, 0) is 75.0 Å². The summed E-state index contributed by atoms with van der Waals surface area (Å²) in [5.74, 6) is 0. The molecule has 0 bridgehead atoms. The number of rotatable bonds is 15. The molecule has 0 aliphatic heterocycles. The monoisotopic (exact) mass is 721 g/mol. The van der Waals surface area contributed by atoms with Crippen LogP contribution < -0.4 is 49.8 Å². The number of hydrogen-bond donors (Lipinski definition) is 1. The zero-order chi connectivity index (χ0) is 31.5. The molecule has 0 unspecified atom stereocenters. The van der Waals surface area contributed by atoms with E-state index in [2.05, 4.69) is 106 Å². The summed E-state index contributed by atoms with van der Waals surface area (Å²) >= 11 is 6.65. The molecule has 0 atom stereocenters. The van der Waals surface area contributed by atoms with E-state index in [4.69, 9.17) is 0 Å². The third kappa shape index (κ3) is 34.4. The van der Waals surface area contributed by atoms with Crippen LogP contribution in [-0.2, 0) is 0 Å². The molecule has 2 aromatic rings. The smallest absolute Gasteiger partial charge is 0.850 e. The van der Waals surface area contributed by atoms with Gasteiger partial charge in [-0.1, -0.05) is 124 Å². The van der Waals surface area contributed by atoms with Crippen molar-refractivity contribution in [3.8, 4) is 0 Å². The Bertz CT molecular complexity index is 777. The Morgan fingerprint density at radius 1 is 0.643 bits per heavy atom. The molecule has 0 aliphatic rings. The van der Waals surface area contributed by atoms with E-state index in [9.17, 15) is 5.11 Å². The van der Waals surface area contributed by atoms with E-state index in [1.165, 1.54) is 88.5 Å². The largest absolute Gasteiger partial charge is 1.00 e. The molecule has 7 heteroatoms. The van der Waals surface area contributed by atoms with Crippen molar-refractivity contribution < 1.29 is 34.7 Å². The maximum absolute atomic E-state index is 10.1. The molecule has 4 nitrogen and oxygen atoms in total. The Morgan fingerprint density at radius 3 is 1.38 bits per heavy atom. The van der Waals surface area contributed by atoms with E-state index >= 15 is 0 Å². The summed E-state index contributed by atoms with van der Waals surface area (Å²) in [7, 11) is 8.36. The molecule has 2 aromatic carbocycles. The Hall–Kier alpha value is -0.0800. The van der Waals surface area contributed by atoms with Crippen molar-refractivity contribution in [1.29, 1.82) is 0 Å². The number of hydrogen-bond acceptors (Lipinski definition) is 4. The molecule has 0 aromatic heterocycles. The van der Waals surface area contributed by atoms with Crippen molar-refractivity contribution in [2.24, 2.45) is 0 Å².